The summed E-state index contributed by atoms with van der Waals surface area (Å²) in [7, 11) is -1.56. The number of carboxylic acid groups (broad SMARTS) is 1. The summed E-state index contributed by atoms with van der Waals surface area (Å²) in [5.74, 6) is -0.850. The van der Waals surface area contributed by atoms with Crippen LogP contribution in [-0.4, -0.2) is 26.0 Å². The monoisotopic (exact) mass is 314 g/mol. The predicted octanol–water partition coefficient (Wildman–Crippen LogP) is 5.38. The first-order valence-corrected chi connectivity index (χ1v) is 11.1. The molecule has 0 bridgehead atoms. The van der Waals surface area contributed by atoms with E-state index in [1.165, 1.54) is 31.8 Å². The summed E-state index contributed by atoms with van der Waals surface area (Å²) in [5.41, 5.74) is 0. The quantitative estimate of drug-likeness (QED) is 0.316. The van der Waals surface area contributed by atoms with Crippen LogP contribution in [0.2, 0.25) is 18.1 Å². The summed E-state index contributed by atoms with van der Waals surface area (Å²) in [6.07, 6.45) is 11.0. The Morgan fingerprint density at radius 2 is 1.57 bits per heavy atom. The zero-order valence-electron chi connectivity index (χ0n) is 14.6. The maximum atomic E-state index is 10.3. The molecule has 0 aliphatic rings. The molecule has 0 atom stereocenters. The number of hydrogen-bond donors (Lipinski definition) is 1. The third-order valence-electron chi connectivity index (χ3n) is 4.29. The Labute approximate surface area is 131 Å². The normalized spacial score (nSPS) is 13.0. The van der Waals surface area contributed by atoms with Crippen molar-refractivity contribution in [1.82, 2.24) is 0 Å². The molecule has 0 rings (SSSR count). The largest absolute Gasteiger partial charge is 0.478 e. The molecule has 124 valence electrons. The maximum Gasteiger partial charge on any atom is 0.327 e. The molecule has 0 aromatic rings. The highest BCUT2D eigenvalue weighted by Crippen LogP contribution is 2.36. The van der Waals surface area contributed by atoms with Gasteiger partial charge in [-0.1, -0.05) is 52.5 Å². The summed E-state index contributed by atoms with van der Waals surface area (Å²) in [5, 5.41) is 8.75. The summed E-state index contributed by atoms with van der Waals surface area (Å²) in [6, 6.07) is 0. The van der Waals surface area contributed by atoms with Gasteiger partial charge in [-0.15, -0.1) is 0 Å². The van der Waals surface area contributed by atoms with Crippen molar-refractivity contribution < 1.29 is 14.3 Å². The number of allylic oxidation sites excluding steroid dienone is 1. The molecule has 0 aliphatic carbocycles. The molecule has 0 aromatic heterocycles. The van der Waals surface area contributed by atoms with Crippen LogP contribution in [0.15, 0.2) is 12.2 Å². The lowest BCUT2D eigenvalue weighted by molar-refractivity contribution is -0.131. The molecule has 0 saturated heterocycles. The highest BCUT2D eigenvalue weighted by molar-refractivity contribution is 6.74. The lowest BCUT2D eigenvalue weighted by Crippen LogP contribution is -2.40. The van der Waals surface area contributed by atoms with E-state index in [0.29, 0.717) is 5.04 Å². The van der Waals surface area contributed by atoms with E-state index in [2.05, 4.69) is 33.9 Å². The van der Waals surface area contributed by atoms with Crippen molar-refractivity contribution in [3.8, 4) is 0 Å². The molecule has 0 fully saturated rings. The fourth-order valence-corrected chi connectivity index (χ4v) is 2.89. The van der Waals surface area contributed by atoms with E-state index in [1.54, 1.807) is 6.08 Å². The fourth-order valence-electron chi connectivity index (χ4n) is 1.80. The molecule has 0 amide bonds. The number of rotatable bonds is 11. The Bertz CT molecular complexity index is 316. The Balaban J connectivity index is 3.44. The van der Waals surface area contributed by atoms with Gasteiger partial charge in [-0.2, -0.15) is 0 Å². The van der Waals surface area contributed by atoms with E-state index in [-0.39, 0.29) is 0 Å². The van der Waals surface area contributed by atoms with Crippen LogP contribution in [0.1, 0.15) is 65.7 Å². The topological polar surface area (TPSA) is 46.5 Å². The molecule has 0 saturated carbocycles. The molecule has 0 spiro atoms. The van der Waals surface area contributed by atoms with Gasteiger partial charge in [-0.3, -0.25) is 0 Å². The minimum absolute atomic E-state index is 0.302. The predicted molar refractivity (Wildman–Crippen MR) is 92.2 cm³/mol. The van der Waals surface area contributed by atoms with Gasteiger partial charge in [0.15, 0.2) is 8.32 Å². The number of aliphatic carboxylic acids is 1. The Morgan fingerprint density at radius 3 is 2.10 bits per heavy atom. The molecule has 0 heterocycles. The van der Waals surface area contributed by atoms with Crippen LogP contribution in [0, 0.1) is 0 Å². The molecular weight excluding hydrogens is 280 g/mol. The molecule has 0 aliphatic heterocycles. The summed E-state index contributed by atoms with van der Waals surface area (Å²) < 4.78 is 6.15. The lowest BCUT2D eigenvalue weighted by Gasteiger charge is -2.36. The van der Waals surface area contributed by atoms with Crippen molar-refractivity contribution in [3.05, 3.63) is 12.2 Å². The zero-order valence-corrected chi connectivity index (χ0v) is 15.6. The molecule has 1 N–H and O–H groups in total. The molecular formula is C17H34O3Si. The minimum Gasteiger partial charge on any atom is -0.478 e. The van der Waals surface area contributed by atoms with Gasteiger partial charge in [-0.25, -0.2) is 4.79 Å². The van der Waals surface area contributed by atoms with Crippen LogP contribution >= 0.6 is 0 Å². The number of carbonyl (C=O) groups is 1. The number of hydrogen-bond acceptors (Lipinski definition) is 2. The van der Waals surface area contributed by atoms with E-state index < -0.39 is 14.3 Å². The molecule has 0 radical (unpaired) electrons. The Hall–Kier alpha value is -0.613. The maximum absolute atomic E-state index is 10.3. The van der Waals surface area contributed by atoms with Gasteiger partial charge in [0.1, 0.15) is 0 Å². The van der Waals surface area contributed by atoms with Crippen molar-refractivity contribution in [2.45, 2.75) is 83.8 Å². The highest BCUT2D eigenvalue weighted by atomic mass is 28.4. The fraction of sp³-hybridized carbons (Fsp3) is 0.824. The minimum atomic E-state index is -1.56. The standard InChI is InChI=1S/C17H34O3Si/c1-17(2,3)21(4,5)20-15-13-11-9-7-6-8-10-12-14-16(18)19/h12,14H,6-11,13,15H2,1-5H3,(H,18,19)/b14-12+. The van der Waals surface area contributed by atoms with Gasteiger partial charge < -0.3 is 9.53 Å². The Morgan fingerprint density at radius 1 is 1.05 bits per heavy atom. The summed E-state index contributed by atoms with van der Waals surface area (Å²) in [4.78, 5) is 10.3. The van der Waals surface area contributed by atoms with Crippen LogP contribution in [-0.2, 0) is 9.22 Å². The smallest absolute Gasteiger partial charge is 0.327 e. The van der Waals surface area contributed by atoms with E-state index in [9.17, 15) is 4.79 Å². The second kappa shape index (κ2) is 10.2. The van der Waals surface area contributed by atoms with Gasteiger partial charge in [0, 0.05) is 12.7 Å². The molecule has 4 heteroatoms. The van der Waals surface area contributed by atoms with Crippen molar-refractivity contribution >= 4 is 14.3 Å². The van der Waals surface area contributed by atoms with Crippen molar-refractivity contribution in [1.29, 1.82) is 0 Å². The average molecular weight is 315 g/mol. The second-order valence-corrected chi connectivity index (χ2v) is 12.1. The number of carboxylic acids is 1. The van der Waals surface area contributed by atoms with Gasteiger partial charge in [0.2, 0.25) is 0 Å². The first kappa shape index (κ1) is 20.4. The van der Waals surface area contributed by atoms with Crippen LogP contribution in [0.3, 0.4) is 0 Å². The van der Waals surface area contributed by atoms with E-state index in [4.69, 9.17) is 9.53 Å². The average Bonchev–Trinajstić information content (AvgIpc) is 2.34. The first-order chi connectivity index (χ1) is 9.67. The lowest BCUT2D eigenvalue weighted by atomic mass is 10.1. The molecule has 0 unspecified atom stereocenters. The first-order valence-electron chi connectivity index (χ1n) is 8.20. The highest BCUT2D eigenvalue weighted by Gasteiger charge is 2.36. The van der Waals surface area contributed by atoms with Crippen LogP contribution in [0.5, 0.6) is 0 Å². The van der Waals surface area contributed by atoms with Crippen LogP contribution in [0.25, 0.3) is 0 Å². The SMILES string of the molecule is CC(C)(C)[Si](C)(C)OCCCCCCCC/C=C/C(=O)O. The third-order valence-corrected chi connectivity index (χ3v) is 8.83. The van der Waals surface area contributed by atoms with Gasteiger partial charge in [-0.05, 0) is 37.4 Å². The zero-order chi connectivity index (χ0) is 16.4. The van der Waals surface area contributed by atoms with E-state index >= 15 is 0 Å². The van der Waals surface area contributed by atoms with Crippen LogP contribution in [0.4, 0.5) is 0 Å². The third kappa shape index (κ3) is 10.7. The van der Waals surface area contributed by atoms with E-state index in [1.807, 2.05) is 0 Å². The van der Waals surface area contributed by atoms with Gasteiger partial charge >= 0.3 is 5.97 Å². The summed E-state index contributed by atoms with van der Waals surface area (Å²) >= 11 is 0. The van der Waals surface area contributed by atoms with Gasteiger partial charge in [0.05, 0.1) is 0 Å². The second-order valence-electron chi connectivity index (χ2n) is 7.26. The molecule has 3 nitrogen and oxygen atoms in total. The summed E-state index contributed by atoms with van der Waals surface area (Å²) in [6.45, 7) is 12.3. The van der Waals surface area contributed by atoms with Gasteiger partial charge in [0.25, 0.3) is 0 Å². The molecule has 0 aromatic carbocycles. The van der Waals surface area contributed by atoms with E-state index in [0.717, 1.165) is 25.9 Å². The van der Waals surface area contributed by atoms with Crippen molar-refractivity contribution in [2.24, 2.45) is 0 Å². The Kier molecular flexibility index (Phi) is 9.87. The van der Waals surface area contributed by atoms with Crippen LogP contribution < -0.4 is 0 Å². The number of unbranched alkanes of at least 4 members (excludes halogenated alkanes) is 6. The van der Waals surface area contributed by atoms with Crippen molar-refractivity contribution in [2.75, 3.05) is 6.61 Å². The van der Waals surface area contributed by atoms with Crippen molar-refractivity contribution in [3.63, 3.8) is 0 Å². The molecule has 21 heavy (non-hydrogen) atoms.